The number of phenolic OH excluding ortho intramolecular Hbond substituents is 1. The lowest BCUT2D eigenvalue weighted by Crippen LogP contribution is -2.43. The van der Waals surface area contributed by atoms with Crippen molar-refractivity contribution in [2.45, 2.75) is 70.9 Å². The molecule has 1 aromatic carbocycles. The van der Waals surface area contributed by atoms with Crippen molar-refractivity contribution in [2.24, 2.45) is 0 Å². The van der Waals surface area contributed by atoms with Crippen LogP contribution in [0.15, 0.2) is 29.6 Å². The number of anilines is 1. The van der Waals surface area contributed by atoms with Crippen LogP contribution in [0, 0.1) is 0 Å². The van der Waals surface area contributed by atoms with E-state index in [0.717, 1.165) is 44.9 Å². The summed E-state index contributed by atoms with van der Waals surface area (Å²) in [6.45, 7) is 4.04. The molecule has 1 aromatic rings. The maximum Gasteiger partial charge on any atom is 0.279 e. The molecule has 0 aromatic heterocycles. The van der Waals surface area contributed by atoms with E-state index in [1.54, 1.807) is 26.2 Å². The van der Waals surface area contributed by atoms with E-state index in [4.69, 9.17) is 0 Å². The minimum Gasteiger partial charge on any atom is -0.505 e. The quantitative estimate of drug-likeness (QED) is 0.422. The van der Waals surface area contributed by atoms with E-state index >= 15 is 0 Å². The van der Waals surface area contributed by atoms with Crippen LogP contribution in [0.3, 0.4) is 0 Å². The van der Waals surface area contributed by atoms with E-state index in [1.165, 1.54) is 15.9 Å². The number of carbonyl (C=O) groups excluding carboxylic acids is 3. The molecule has 1 fully saturated rings. The monoisotopic (exact) mass is 442 g/mol. The second-order valence-corrected chi connectivity index (χ2v) is 8.88. The maximum atomic E-state index is 13.4. The van der Waals surface area contributed by atoms with Crippen LogP contribution >= 0.6 is 0 Å². The first-order chi connectivity index (χ1) is 15.3. The zero-order chi connectivity index (χ0) is 23.4. The summed E-state index contributed by atoms with van der Waals surface area (Å²) in [6.07, 6.45) is 6.50. The molecule has 3 N–H and O–H groups in total. The van der Waals surface area contributed by atoms with Gasteiger partial charge in [0.2, 0.25) is 0 Å². The normalized spacial score (nSPS) is 18.2. The van der Waals surface area contributed by atoms with E-state index < -0.39 is 5.91 Å². The third-order valence-electron chi connectivity index (χ3n) is 6.10. The number of hydrogen-bond acceptors (Lipinski definition) is 6. The number of phenols is 1. The number of para-hydroxylation sites is 1. The predicted molar refractivity (Wildman–Crippen MR) is 123 cm³/mol. The van der Waals surface area contributed by atoms with Gasteiger partial charge in [-0.1, -0.05) is 38.7 Å². The molecule has 1 aliphatic carbocycles. The molecule has 1 saturated carbocycles. The van der Waals surface area contributed by atoms with Crippen molar-refractivity contribution in [1.29, 1.82) is 0 Å². The van der Waals surface area contributed by atoms with Crippen molar-refractivity contribution in [3.63, 3.8) is 0 Å². The first-order valence-corrected chi connectivity index (χ1v) is 11.5. The molecule has 1 unspecified atom stereocenters. The van der Waals surface area contributed by atoms with E-state index in [1.807, 2.05) is 6.92 Å². The standard InChI is InChI=1S/C24H34N4O4/c1-5-10-15(2)25-19-20(24(32)28(23(19)31)16-11-7-6-8-12-16)26-18-14-9-13-17(21(18)29)22(30)27(3)4/h9,13-16,25-26,29H,5-8,10-12H2,1-4H3. The van der Waals surface area contributed by atoms with Crippen LogP contribution < -0.4 is 10.6 Å². The number of hydrogen-bond donors (Lipinski definition) is 3. The summed E-state index contributed by atoms with van der Waals surface area (Å²) >= 11 is 0. The van der Waals surface area contributed by atoms with Crippen LogP contribution in [0.25, 0.3) is 0 Å². The highest BCUT2D eigenvalue weighted by Gasteiger charge is 2.43. The molecule has 1 aliphatic heterocycles. The summed E-state index contributed by atoms with van der Waals surface area (Å²) in [4.78, 5) is 41.9. The molecule has 8 nitrogen and oxygen atoms in total. The van der Waals surface area contributed by atoms with Crippen molar-refractivity contribution < 1.29 is 19.5 Å². The topological polar surface area (TPSA) is 102 Å². The van der Waals surface area contributed by atoms with Gasteiger partial charge >= 0.3 is 0 Å². The summed E-state index contributed by atoms with van der Waals surface area (Å²) in [6, 6.07) is 4.63. The number of amides is 3. The van der Waals surface area contributed by atoms with Crippen LogP contribution in [0.1, 0.15) is 69.2 Å². The number of carbonyl (C=O) groups is 3. The molecule has 0 radical (unpaired) electrons. The van der Waals surface area contributed by atoms with Crippen LogP contribution in [0.5, 0.6) is 5.75 Å². The summed E-state index contributed by atoms with van der Waals surface area (Å²) in [7, 11) is 3.20. The number of benzene rings is 1. The molecule has 0 saturated heterocycles. The molecule has 0 spiro atoms. The number of imide groups is 1. The van der Waals surface area contributed by atoms with Crippen molar-refractivity contribution in [1.82, 2.24) is 15.1 Å². The molecule has 32 heavy (non-hydrogen) atoms. The third kappa shape index (κ3) is 4.74. The third-order valence-corrected chi connectivity index (χ3v) is 6.10. The van der Waals surface area contributed by atoms with Gasteiger partial charge in [-0.15, -0.1) is 0 Å². The summed E-state index contributed by atoms with van der Waals surface area (Å²) in [5.41, 5.74) is 0.677. The van der Waals surface area contributed by atoms with Crippen molar-refractivity contribution in [3.05, 3.63) is 35.2 Å². The molecule has 8 heteroatoms. The zero-order valence-corrected chi connectivity index (χ0v) is 19.4. The second kappa shape index (κ2) is 10.1. The summed E-state index contributed by atoms with van der Waals surface area (Å²) < 4.78 is 0. The highest BCUT2D eigenvalue weighted by atomic mass is 16.3. The maximum absolute atomic E-state index is 13.4. The molecule has 3 amide bonds. The van der Waals surface area contributed by atoms with E-state index in [-0.39, 0.29) is 52.3 Å². The Morgan fingerprint density at radius 2 is 1.81 bits per heavy atom. The second-order valence-electron chi connectivity index (χ2n) is 8.88. The minimum atomic E-state index is -0.392. The van der Waals surface area contributed by atoms with Crippen LogP contribution in [-0.2, 0) is 9.59 Å². The number of rotatable bonds is 8. The van der Waals surface area contributed by atoms with Crippen molar-refractivity contribution >= 4 is 23.4 Å². The van der Waals surface area contributed by atoms with Gasteiger partial charge in [0.15, 0.2) is 5.75 Å². The minimum absolute atomic E-state index is 0.00473. The van der Waals surface area contributed by atoms with Gasteiger partial charge < -0.3 is 20.6 Å². The van der Waals surface area contributed by atoms with Gasteiger partial charge in [0, 0.05) is 26.2 Å². The average Bonchev–Trinajstić information content (AvgIpc) is 2.99. The molecular formula is C24H34N4O4. The summed E-state index contributed by atoms with van der Waals surface area (Å²) in [5, 5.41) is 16.9. The molecular weight excluding hydrogens is 408 g/mol. The average molecular weight is 443 g/mol. The van der Waals surface area contributed by atoms with Gasteiger partial charge in [-0.3, -0.25) is 19.3 Å². The van der Waals surface area contributed by atoms with Gasteiger partial charge in [-0.2, -0.15) is 0 Å². The Kier molecular flexibility index (Phi) is 7.43. The largest absolute Gasteiger partial charge is 0.505 e. The van der Waals surface area contributed by atoms with Gasteiger partial charge in [-0.05, 0) is 38.3 Å². The van der Waals surface area contributed by atoms with Crippen molar-refractivity contribution in [2.75, 3.05) is 19.4 Å². The Labute approximate surface area is 189 Å². The highest BCUT2D eigenvalue weighted by Crippen LogP contribution is 2.34. The Morgan fingerprint density at radius 1 is 1.16 bits per heavy atom. The zero-order valence-electron chi connectivity index (χ0n) is 19.4. The molecule has 0 bridgehead atoms. The lowest BCUT2D eigenvalue weighted by Gasteiger charge is -2.30. The van der Waals surface area contributed by atoms with Crippen LogP contribution in [0.4, 0.5) is 5.69 Å². The lowest BCUT2D eigenvalue weighted by atomic mass is 9.94. The lowest BCUT2D eigenvalue weighted by molar-refractivity contribution is -0.141. The fourth-order valence-electron chi connectivity index (χ4n) is 4.41. The molecule has 1 atom stereocenters. The van der Waals surface area contributed by atoms with Gasteiger partial charge in [0.1, 0.15) is 11.4 Å². The fraction of sp³-hybridized carbons (Fsp3) is 0.542. The van der Waals surface area contributed by atoms with Gasteiger partial charge in [0.25, 0.3) is 17.7 Å². The molecule has 1 heterocycles. The van der Waals surface area contributed by atoms with E-state index in [0.29, 0.717) is 0 Å². The number of nitrogens with one attached hydrogen (secondary N) is 2. The van der Waals surface area contributed by atoms with Gasteiger partial charge in [0.05, 0.1) is 11.3 Å². The molecule has 2 aliphatic rings. The Morgan fingerprint density at radius 3 is 2.44 bits per heavy atom. The Hall–Kier alpha value is -3.03. The fourth-order valence-corrected chi connectivity index (χ4v) is 4.41. The number of aromatic hydroxyl groups is 1. The first kappa shape index (κ1) is 23.6. The Bertz CT molecular complexity index is 919. The first-order valence-electron chi connectivity index (χ1n) is 11.5. The number of nitrogens with zero attached hydrogens (tertiary/aromatic N) is 2. The smallest absolute Gasteiger partial charge is 0.279 e. The van der Waals surface area contributed by atoms with Crippen LogP contribution in [0.2, 0.25) is 0 Å². The summed E-state index contributed by atoms with van der Waals surface area (Å²) in [5.74, 6) is -1.33. The molecule has 3 rings (SSSR count). The van der Waals surface area contributed by atoms with E-state index in [2.05, 4.69) is 17.6 Å². The predicted octanol–water partition coefficient (Wildman–Crippen LogP) is 3.20. The van der Waals surface area contributed by atoms with Crippen molar-refractivity contribution in [3.8, 4) is 5.75 Å². The highest BCUT2D eigenvalue weighted by molar-refractivity contribution is 6.20. The van der Waals surface area contributed by atoms with Gasteiger partial charge in [-0.25, -0.2) is 0 Å². The van der Waals surface area contributed by atoms with Crippen LogP contribution in [-0.4, -0.2) is 58.8 Å². The van der Waals surface area contributed by atoms with E-state index in [9.17, 15) is 19.5 Å². The Balaban J connectivity index is 1.97. The molecule has 174 valence electrons. The SMILES string of the molecule is CCCC(C)NC1=C(Nc2cccc(C(=O)N(C)C)c2O)C(=O)N(C2CCCCC2)C1=O.